The first-order valence-electron chi connectivity index (χ1n) is 9.97. The van der Waals surface area contributed by atoms with Crippen molar-refractivity contribution in [1.82, 2.24) is 0 Å². The van der Waals surface area contributed by atoms with Crippen molar-refractivity contribution in [3.05, 3.63) is 35.9 Å². The van der Waals surface area contributed by atoms with Gasteiger partial charge in [-0.2, -0.15) is 0 Å². The molecular formula is C21H30O16. The first-order valence-corrected chi connectivity index (χ1v) is 9.97. The highest BCUT2D eigenvalue weighted by atomic mass is 16.7. The molecule has 0 aliphatic heterocycles. The molecule has 0 aromatic heterocycles. The van der Waals surface area contributed by atoms with Crippen molar-refractivity contribution in [2.45, 2.75) is 26.4 Å². The van der Waals surface area contributed by atoms with Crippen LogP contribution in [0.2, 0.25) is 0 Å². The molecule has 1 unspecified atom stereocenters. The van der Waals surface area contributed by atoms with Crippen LogP contribution >= 0.6 is 0 Å². The lowest BCUT2D eigenvalue weighted by Crippen LogP contribution is -2.20. The molecule has 4 N–H and O–H groups in total. The fraction of sp³-hybridized carbons (Fsp3) is 0.429. The van der Waals surface area contributed by atoms with Crippen LogP contribution in [-0.2, 0) is 33.2 Å². The highest BCUT2D eigenvalue weighted by molar-refractivity contribution is 5.89. The number of esters is 2. The second kappa shape index (κ2) is 24.4. The van der Waals surface area contributed by atoms with E-state index in [4.69, 9.17) is 20.4 Å². The number of carbonyl (C=O) groups excluding carboxylic acids is 2. The Morgan fingerprint density at radius 3 is 1.49 bits per heavy atom. The van der Waals surface area contributed by atoms with Crippen LogP contribution in [0.25, 0.3) is 0 Å². The molecule has 16 heteroatoms. The third kappa shape index (κ3) is 31.2. The summed E-state index contributed by atoms with van der Waals surface area (Å²) in [5, 5.41) is 31.7. The van der Waals surface area contributed by atoms with E-state index in [2.05, 4.69) is 28.4 Å². The standard InChI is InChI=1S/C8H8O2.C5H8O6.C4H6O6.C4H8O2/c1-10-8(9)7-5-3-2-4-6-7;1-3(11-5(8)9)2-10-4(6)7;5-3(6)9-1-2-10-4(7)8;1-3-4(5)6-2/h2-6H,1H3;3H,2H2,1H3,(H,6,7)(H,8,9);1-2H2,(H,5,6)(H,7,8);3H2,1-2H3. The largest absolute Gasteiger partial charge is 0.506 e. The van der Waals surface area contributed by atoms with E-state index in [1.165, 1.54) is 21.1 Å². The molecule has 0 fully saturated rings. The molecule has 0 amide bonds. The first-order chi connectivity index (χ1) is 17.3. The Labute approximate surface area is 211 Å². The van der Waals surface area contributed by atoms with Crippen molar-refractivity contribution < 1.29 is 77.6 Å². The summed E-state index contributed by atoms with van der Waals surface area (Å²) in [4.78, 5) is 59.6. The van der Waals surface area contributed by atoms with E-state index in [9.17, 15) is 28.8 Å². The zero-order chi connectivity index (χ0) is 29.2. The van der Waals surface area contributed by atoms with Gasteiger partial charge in [0, 0.05) is 6.42 Å². The van der Waals surface area contributed by atoms with Gasteiger partial charge in [-0.15, -0.1) is 0 Å². The maximum Gasteiger partial charge on any atom is 0.506 e. The summed E-state index contributed by atoms with van der Waals surface area (Å²) >= 11 is 0. The fourth-order valence-electron chi connectivity index (χ4n) is 1.49. The smallest absolute Gasteiger partial charge is 0.469 e. The third-order valence-corrected chi connectivity index (χ3v) is 2.99. The molecule has 0 bridgehead atoms. The molecule has 0 aliphatic rings. The maximum atomic E-state index is 10.8. The Balaban J connectivity index is -0.000000425. The number of hydrogen-bond donors (Lipinski definition) is 4. The molecule has 0 saturated heterocycles. The second-order valence-electron chi connectivity index (χ2n) is 5.79. The summed E-state index contributed by atoms with van der Waals surface area (Å²) in [7, 11) is 2.75. The minimum atomic E-state index is -1.45. The molecule has 0 radical (unpaired) electrons. The third-order valence-electron chi connectivity index (χ3n) is 2.99. The maximum absolute atomic E-state index is 10.8. The van der Waals surface area contributed by atoms with Crippen LogP contribution in [0.1, 0.15) is 30.6 Å². The molecule has 0 spiro atoms. The Morgan fingerprint density at radius 2 is 1.19 bits per heavy atom. The molecule has 1 aromatic carbocycles. The van der Waals surface area contributed by atoms with Gasteiger partial charge in [-0.25, -0.2) is 24.0 Å². The molecule has 0 aliphatic carbocycles. The van der Waals surface area contributed by atoms with E-state index < -0.39 is 30.7 Å². The zero-order valence-corrected chi connectivity index (χ0v) is 20.5. The van der Waals surface area contributed by atoms with Crippen molar-refractivity contribution >= 4 is 36.6 Å². The van der Waals surface area contributed by atoms with E-state index in [-0.39, 0.29) is 31.8 Å². The zero-order valence-electron chi connectivity index (χ0n) is 20.5. The number of ether oxygens (including phenoxy) is 6. The normalized spacial score (nSPS) is 9.41. The number of carboxylic acid groups (broad SMARTS) is 4. The fourth-order valence-corrected chi connectivity index (χ4v) is 1.49. The van der Waals surface area contributed by atoms with Gasteiger partial charge in [-0.1, -0.05) is 25.1 Å². The SMILES string of the molecule is CC(COC(=O)O)OC(=O)O.CCC(=O)OC.COC(=O)c1ccccc1.O=C(O)OCCOC(=O)O. The summed E-state index contributed by atoms with van der Waals surface area (Å²) in [6.07, 6.45) is -6.11. The minimum Gasteiger partial charge on any atom is -0.469 e. The number of rotatable bonds is 8. The molecule has 37 heavy (non-hydrogen) atoms. The Hall–Kier alpha value is -4.76. The van der Waals surface area contributed by atoms with Gasteiger partial charge in [0.05, 0.1) is 19.8 Å². The summed E-state index contributed by atoms with van der Waals surface area (Å²) in [5.41, 5.74) is 0.588. The Kier molecular flexibility index (Phi) is 24.2. The van der Waals surface area contributed by atoms with Gasteiger partial charge in [0.2, 0.25) is 0 Å². The van der Waals surface area contributed by atoms with Gasteiger partial charge in [0.25, 0.3) is 0 Å². The van der Waals surface area contributed by atoms with Gasteiger partial charge >= 0.3 is 36.6 Å². The van der Waals surface area contributed by atoms with E-state index >= 15 is 0 Å². The van der Waals surface area contributed by atoms with Crippen molar-refractivity contribution in [3.63, 3.8) is 0 Å². The van der Waals surface area contributed by atoms with Gasteiger partial charge in [0.1, 0.15) is 25.9 Å². The van der Waals surface area contributed by atoms with Crippen LogP contribution in [0.3, 0.4) is 0 Å². The summed E-state index contributed by atoms with van der Waals surface area (Å²) < 4.78 is 24.8. The first kappa shape index (κ1) is 36.8. The molecular weight excluding hydrogens is 508 g/mol. The van der Waals surface area contributed by atoms with Crippen molar-refractivity contribution in [1.29, 1.82) is 0 Å². The molecule has 1 atom stereocenters. The van der Waals surface area contributed by atoms with E-state index in [1.54, 1.807) is 31.2 Å². The minimum absolute atomic E-state index is 0.157. The molecule has 0 saturated carbocycles. The number of methoxy groups -OCH3 is 2. The lowest BCUT2D eigenvalue weighted by Gasteiger charge is -2.08. The molecule has 1 aromatic rings. The summed E-state index contributed by atoms with van der Waals surface area (Å²) in [6.45, 7) is 2.30. The number of carbonyl (C=O) groups is 6. The van der Waals surface area contributed by atoms with Crippen LogP contribution in [0.15, 0.2) is 30.3 Å². The van der Waals surface area contributed by atoms with Crippen LogP contribution in [-0.4, -0.2) is 97.1 Å². The number of hydrogen-bond acceptors (Lipinski definition) is 12. The van der Waals surface area contributed by atoms with Crippen molar-refractivity contribution in [2.75, 3.05) is 34.0 Å². The van der Waals surface area contributed by atoms with Crippen LogP contribution in [0, 0.1) is 0 Å². The summed E-state index contributed by atoms with van der Waals surface area (Å²) in [5.74, 6) is -0.449. The molecule has 210 valence electrons. The monoisotopic (exact) mass is 538 g/mol. The summed E-state index contributed by atoms with van der Waals surface area (Å²) in [6, 6.07) is 8.88. The molecule has 16 nitrogen and oxygen atoms in total. The van der Waals surface area contributed by atoms with Crippen molar-refractivity contribution in [3.8, 4) is 0 Å². The van der Waals surface area contributed by atoms with Gasteiger partial charge < -0.3 is 48.8 Å². The highest BCUT2D eigenvalue weighted by Gasteiger charge is 2.09. The number of benzene rings is 1. The quantitative estimate of drug-likeness (QED) is 0.211. The van der Waals surface area contributed by atoms with Crippen LogP contribution in [0.4, 0.5) is 19.2 Å². The average Bonchev–Trinajstić information content (AvgIpc) is 2.85. The molecule has 1 rings (SSSR count). The molecule has 0 heterocycles. The van der Waals surface area contributed by atoms with Gasteiger partial charge in [-0.3, -0.25) is 4.79 Å². The van der Waals surface area contributed by atoms with E-state index in [0.29, 0.717) is 12.0 Å². The van der Waals surface area contributed by atoms with E-state index in [1.807, 2.05) is 6.07 Å². The van der Waals surface area contributed by atoms with Crippen LogP contribution < -0.4 is 0 Å². The second-order valence-corrected chi connectivity index (χ2v) is 5.79. The predicted octanol–water partition coefficient (Wildman–Crippen LogP) is 3.18. The average molecular weight is 538 g/mol. The highest BCUT2D eigenvalue weighted by Crippen LogP contribution is 1.99. The van der Waals surface area contributed by atoms with Gasteiger partial charge in [0.15, 0.2) is 0 Å². The topological polar surface area (TPSA) is 239 Å². The predicted molar refractivity (Wildman–Crippen MR) is 121 cm³/mol. The lowest BCUT2D eigenvalue weighted by atomic mass is 10.2. The lowest BCUT2D eigenvalue weighted by molar-refractivity contribution is -0.140. The van der Waals surface area contributed by atoms with Crippen molar-refractivity contribution in [2.24, 2.45) is 0 Å². The Morgan fingerprint density at radius 1 is 0.730 bits per heavy atom. The van der Waals surface area contributed by atoms with Crippen LogP contribution in [0.5, 0.6) is 0 Å². The van der Waals surface area contributed by atoms with E-state index in [0.717, 1.165) is 0 Å². The van der Waals surface area contributed by atoms with Gasteiger partial charge in [-0.05, 0) is 19.1 Å². The Bertz CT molecular complexity index is 786.